The van der Waals surface area contributed by atoms with Gasteiger partial charge in [-0.1, -0.05) is 30.7 Å². The molecule has 0 saturated carbocycles. The second kappa shape index (κ2) is 7.46. The molecule has 0 saturated heterocycles. The second-order valence-electron chi connectivity index (χ2n) is 4.85. The zero-order valence-corrected chi connectivity index (χ0v) is 12.4. The van der Waals surface area contributed by atoms with E-state index in [1.165, 1.54) is 0 Å². The van der Waals surface area contributed by atoms with Crippen molar-refractivity contribution in [3.8, 4) is 0 Å². The van der Waals surface area contributed by atoms with Gasteiger partial charge in [-0.05, 0) is 44.2 Å². The van der Waals surface area contributed by atoms with E-state index >= 15 is 0 Å². The summed E-state index contributed by atoms with van der Waals surface area (Å²) in [6.07, 6.45) is 4.57. The molecule has 0 aromatic heterocycles. The second-order valence-corrected chi connectivity index (χ2v) is 6.46. The summed E-state index contributed by atoms with van der Waals surface area (Å²) in [5.41, 5.74) is 1.02. The van der Waals surface area contributed by atoms with Crippen molar-refractivity contribution in [1.82, 2.24) is 0 Å². The van der Waals surface area contributed by atoms with Gasteiger partial charge in [-0.15, -0.1) is 6.58 Å². The summed E-state index contributed by atoms with van der Waals surface area (Å²) < 4.78 is 28.9. The first-order valence-corrected chi connectivity index (χ1v) is 7.93. The largest absolute Gasteiger partial charge is 0.296 e. The lowest BCUT2D eigenvalue weighted by molar-refractivity contribution is 0.283. The normalized spacial score (nSPS) is 13.2. The van der Waals surface area contributed by atoms with E-state index in [1.807, 2.05) is 13.0 Å². The summed E-state index contributed by atoms with van der Waals surface area (Å²) in [6, 6.07) is 6.68. The van der Waals surface area contributed by atoms with Crippen LogP contribution in [0.25, 0.3) is 0 Å². The van der Waals surface area contributed by atoms with Crippen LogP contribution in [0.4, 0.5) is 0 Å². The average molecular weight is 282 g/mol. The summed E-state index contributed by atoms with van der Waals surface area (Å²) in [5.74, 6) is 0.436. The molecule has 0 heterocycles. The van der Waals surface area contributed by atoms with Gasteiger partial charge >= 0.3 is 0 Å². The maximum Gasteiger partial charge on any atom is 0.296 e. The topological polar surface area (TPSA) is 43.4 Å². The molecule has 0 fully saturated rings. The van der Waals surface area contributed by atoms with E-state index in [0.29, 0.717) is 5.92 Å². The van der Waals surface area contributed by atoms with Crippen LogP contribution in [0.15, 0.2) is 41.8 Å². The van der Waals surface area contributed by atoms with Crippen molar-refractivity contribution in [2.24, 2.45) is 5.92 Å². The van der Waals surface area contributed by atoms with Gasteiger partial charge in [-0.2, -0.15) is 8.42 Å². The fourth-order valence-corrected chi connectivity index (χ4v) is 2.60. The van der Waals surface area contributed by atoms with Gasteiger partial charge in [-0.25, -0.2) is 0 Å². The first-order valence-electron chi connectivity index (χ1n) is 6.52. The highest BCUT2D eigenvalue weighted by Crippen LogP contribution is 2.16. The number of hydrogen-bond donors (Lipinski definition) is 0. The summed E-state index contributed by atoms with van der Waals surface area (Å²) in [4.78, 5) is 0.219. The van der Waals surface area contributed by atoms with Gasteiger partial charge in [0, 0.05) is 0 Å². The Morgan fingerprint density at radius 3 is 2.47 bits per heavy atom. The van der Waals surface area contributed by atoms with Gasteiger partial charge in [0.05, 0.1) is 11.5 Å². The van der Waals surface area contributed by atoms with Crippen LogP contribution in [0, 0.1) is 12.8 Å². The molecule has 0 N–H and O–H groups in total. The molecule has 0 amide bonds. The number of aryl methyl sites for hydroxylation is 1. The van der Waals surface area contributed by atoms with Crippen molar-refractivity contribution in [2.45, 2.75) is 38.0 Å². The predicted molar refractivity (Wildman–Crippen MR) is 77.5 cm³/mol. The third-order valence-corrected chi connectivity index (χ3v) is 4.35. The van der Waals surface area contributed by atoms with Gasteiger partial charge in [0.2, 0.25) is 0 Å². The molecule has 1 aromatic rings. The van der Waals surface area contributed by atoms with Gasteiger partial charge in [0.1, 0.15) is 0 Å². The van der Waals surface area contributed by atoms with Crippen molar-refractivity contribution >= 4 is 10.1 Å². The predicted octanol–water partition coefficient (Wildman–Crippen LogP) is 3.69. The standard InChI is InChI=1S/C15H22O3S/c1-4-5-6-13(2)11-12-18-19(16,17)15-9-7-14(3)8-10-15/h4,7-10,13H,1,5-6,11-12H2,2-3H3/t13-/m0/s1. The van der Waals surface area contributed by atoms with Crippen molar-refractivity contribution in [3.63, 3.8) is 0 Å². The molecule has 0 bridgehead atoms. The molecule has 0 aliphatic heterocycles. The molecular formula is C15H22O3S. The third-order valence-electron chi connectivity index (χ3n) is 3.02. The van der Waals surface area contributed by atoms with Crippen LogP contribution in [0.3, 0.4) is 0 Å². The Morgan fingerprint density at radius 1 is 1.26 bits per heavy atom. The molecule has 106 valence electrons. The Labute approximate surface area is 116 Å². The van der Waals surface area contributed by atoms with Gasteiger partial charge in [-0.3, -0.25) is 4.18 Å². The van der Waals surface area contributed by atoms with Crippen LogP contribution in [0.5, 0.6) is 0 Å². The Morgan fingerprint density at radius 2 is 1.89 bits per heavy atom. The Balaban J connectivity index is 2.47. The van der Waals surface area contributed by atoms with Crippen LogP contribution in [-0.4, -0.2) is 15.0 Å². The first-order chi connectivity index (χ1) is 8.95. The molecule has 4 heteroatoms. The van der Waals surface area contributed by atoms with Crippen LogP contribution in [0.1, 0.15) is 31.7 Å². The maximum absolute atomic E-state index is 11.9. The smallest absolute Gasteiger partial charge is 0.266 e. The molecule has 3 nitrogen and oxygen atoms in total. The minimum absolute atomic E-state index is 0.219. The Kier molecular flexibility index (Phi) is 6.25. The molecule has 19 heavy (non-hydrogen) atoms. The lowest BCUT2D eigenvalue weighted by atomic mass is 10.0. The molecule has 0 spiro atoms. The summed E-state index contributed by atoms with van der Waals surface area (Å²) in [6.45, 7) is 7.91. The van der Waals surface area contributed by atoms with Crippen molar-refractivity contribution < 1.29 is 12.6 Å². The first kappa shape index (κ1) is 15.9. The Bertz CT molecular complexity index is 489. The average Bonchev–Trinajstić information content (AvgIpc) is 2.36. The van der Waals surface area contributed by atoms with Crippen LogP contribution in [-0.2, 0) is 14.3 Å². The van der Waals surface area contributed by atoms with E-state index in [2.05, 4.69) is 13.5 Å². The Hall–Kier alpha value is -1.13. The van der Waals surface area contributed by atoms with Crippen LogP contribution >= 0.6 is 0 Å². The fourth-order valence-electron chi connectivity index (χ4n) is 1.68. The quantitative estimate of drug-likeness (QED) is 0.539. The third kappa shape index (κ3) is 5.57. The highest BCUT2D eigenvalue weighted by atomic mass is 32.2. The van der Waals surface area contributed by atoms with Gasteiger partial charge in [0.25, 0.3) is 10.1 Å². The molecule has 0 aliphatic carbocycles. The van der Waals surface area contributed by atoms with Gasteiger partial charge < -0.3 is 0 Å². The zero-order chi connectivity index (χ0) is 14.3. The van der Waals surface area contributed by atoms with Crippen molar-refractivity contribution in [2.75, 3.05) is 6.61 Å². The molecular weight excluding hydrogens is 260 g/mol. The summed E-state index contributed by atoms with van der Waals surface area (Å²) >= 11 is 0. The molecule has 1 aromatic carbocycles. The lowest BCUT2D eigenvalue weighted by Crippen LogP contribution is -2.10. The van der Waals surface area contributed by atoms with Crippen LogP contribution in [0.2, 0.25) is 0 Å². The molecule has 1 atom stereocenters. The van der Waals surface area contributed by atoms with E-state index in [9.17, 15) is 8.42 Å². The summed E-state index contributed by atoms with van der Waals surface area (Å²) in [5, 5.41) is 0. The molecule has 0 aliphatic rings. The highest BCUT2D eigenvalue weighted by Gasteiger charge is 2.15. The molecule has 0 radical (unpaired) electrons. The van der Waals surface area contributed by atoms with Crippen molar-refractivity contribution in [3.05, 3.63) is 42.5 Å². The van der Waals surface area contributed by atoms with Crippen molar-refractivity contribution in [1.29, 1.82) is 0 Å². The lowest BCUT2D eigenvalue weighted by Gasteiger charge is -2.10. The number of allylic oxidation sites excluding steroid dienone is 1. The van der Waals surface area contributed by atoms with E-state index in [4.69, 9.17) is 4.18 Å². The van der Waals surface area contributed by atoms with E-state index in [0.717, 1.165) is 24.8 Å². The number of rotatable bonds is 8. The maximum atomic E-state index is 11.9. The number of hydrogen-bond acceptors (Lipinski definition) is 3. The fraction of sp³-hybridized carbons (Fsp3) is 0.467. The number of benzene rings is 1. The van der Waals surface area contributed by atoms with Gasteiger partial charge in [0.15, 0.2) is 0 Å². The summed E-state index contributed by atoms with van der Waals surface area (Å²) in [7, 11) is -3.61. The molecule has 0 unspecified atom stereocenters. The molecule has 1 rings (SSSR count). The van der Waals surface area contributed by atoms with E-state index < -0.39 is 10.1 Å². The minimum atomic E-state index is -3.61. The highest BCUT2D eigenvalue weighted by molar-refractivity contribution is 7.86. The monoisotopic (exact) mass is 282 g/mol. The van der Waals surface area contributed by atoms with E-state index in [1.54, 1.807) is 24.3 Å². The zero-order valence-electron chi connectivity index (χ0n) is 11.6. The van der Waals surface area contributed by atoms with Crippen LogP contribution < -0.4 is 0 Å². The SMILES string of the molecule is C=CCC[C@H](C)CCOS(=O)(=O)c1ccc(C)cc1. The minimum Gasteiger partial charge on any atom is -0.266 e. The van der Waals surface area contributed by atoms with E-state index in [-0.39, 0.29) is 11.5 Å².